The first-order chi connectivity index (χ1) is 8.53. The summed E-state index contributed by atoms with van der Waals surface area (Å²) >= 11 is 0. The summed E-state index contributed by atoms with van der Waals surface area (Å²) in [5, 5.41) is 3.68. The Morgan fingerprint density at radius 2 is 1.83 bits per heavy atom. The molecule has 1 N–H and O–H groups in total. The zero-order valence-electron chi connectivity index (χ0n) is 12.2. The fourth-order valence-electron chi connectivity index (χ4n) is 2.11. The van der Waals surface area contributed by atoms with Crippen molar-refractivity contribution in [1.29, 1.82) is 0 Å². The molecule has 0 aromatic heterocycles. The molecule has 0 saturated heterocycles. The summed E-state index contributed by atoms with van der Waals surface area (Å²) in [5.41, 5.74) is 1.74. The van der Waals surface area contributed by atoms with Gasteiger partial charge in [-0.1, -0.05) is 63.3 Å². The minimum Gasteiger partial charge on any atom is -0.310 e. The number of hydrogen-bond acceptors (Lipinski definition) is 1. The number of hydrogen-bond donors (Lipinski definition) is 1. The maximum atomic E-state index is 3.68. The molecule has 0 amide bonds. The van der Waals surface area contributed by atoms with Gasteiger partial charge in [0.2, 0.25) is 0 Å². The SMILES string of the molecule is C/C=C/CCNC(CC(C)(C)C)c1ccccc1. The van der Waals surface area contributed by atoms with E-state index in [0.29, 0.717) is 11.5 Å². The molecule has 0 fully saturated rings. The Morgan fingerprint density at radius 1 is 1.17 bits per heavy atom. The van der Waals surface area contributed by atoms with E-state index in [0.717, 1.165) is 19.4 Å². The van der Waals surface area contributed by atoms with Crippen LogP contribution in [0, 0.1) is 5.41 Å². The fourth-order valence-corrected chi connectivity index (χ4v) is 2.11. The molecule has 0 saturated carbocycles. The first-order valence-corrected chi connectivity index (χ1v) is 6.92. The molecule has 1 nitrogen and oxygen atoms in total. The Labute approximate surface area is 112 Å². The number of allylic oxidation sites excluding steroid dienone is 1. The number of benzene rings is 1. The first-order valence-electron chi connectivity index (χ1n) is 6.92. The molecule has 0 heterocycles. The Morgan fingerprint density at radius 3 is 2.39 bits per heavy atom. The van der Waals surface area contributed by atoms with E-state index < -0.39 is 0 Å². The van der Waals surface area contributed by atoms with Crippen molar-refractivity contribution in [1.82, 2.24) is 5.32 Å². The Balaban J connectivity index is 2.64. The van der Waals surface area contributed by atoms with Crippen LogP contribution in [-0.2, 0) is 0 Å². The molecule has 1 rings (SSSR count). The molecule has 100 valence electrons. The van der Waals surface area contributed by atoms with Gasteiger partial charge in [-0.2, -0.15) is 0 Å². The van der Waals surface area contributed by atoms with Crippen LogP contribution < -0.4 is 5.32 Å². The van der Waals surface area contributed by atoms with Crippen molar-refractivity contribution < 1.29 is 0 Å². The quantitative estimate of drug-likeness (QED) is 0.565. The lowest BCUT2D eigenvalue weighted by Crippen LogP contribution is -2.26. The van der Waals surface area contributed by atoms with E-state index in [1.54, 1.807) is 0 Å². The average Bonchev–Trinajstić information content (AvgIpc) is 2.33. The molecular formula is C17H27N. The lowest BCUT2D eigenvalue weighted by molar-refractivity contribution is 0.312. The lowest BCUT2D eigenvalue weighted by atomic mass is 9.85. The van der Waals surface area contributed by atoms with E-state index in [1.807, 2.05) is 0 Å². The minimum absolute atomic E-state index is 0.341. The van der Waals surface area contributed by atoms with Gasteiger partial charge in [0.1, 0.15) is 0 Å². The molecule has 0 aliphatic rings. The molecular weight excluding hydrogens is 218 g/mol. The van der Waals surface area contributed by atoms with Crippen molar-refractivity contribution in [2.45, 2.75) is 46.6 Å². The van der Waals surface area contributed by atoms with Crippen LogP contribution in [0.5, 0.6) is 0 Å². The molecule has 0 aliphatic heterocycles. The molecule has 0 radical (unpaired) electrons. The monoisotopic (exact) mass is 245 g/mol. The Bertz CT molecular complexity index is 346. The summed E-state index contributed by atoms with van der Waals surface area (Å²) < 4.78 is 0. The zero-order valence-corrected chi connectivity index (χ0v) is 12.2. The van der Waals surface area contributed by atoms with Crippen molar-refractivity contribution in [3.05, 3.63) is 48.0 Å². The molecule has 1 unspecified atom stereocenters. The summed E-state index contributed by atoms with van der Waals surface area (Å²) in [5.74, 6) is 0. The number of rotatable bonds is 6. The standard InChI is InChI=1S/C17H27N/c1-5-6-10-13-18-16(14-17(2,3)4)15-11-8-7-9-12-15/h5-9,11-12,16,18H,10,13-14H2,1-4H3/b6-5+. The highest BCUT2D eigenvalue weighted by atomic mass is 14.9. The zero-order chi connectivity index (χ0) is 13.4. The molecule has 1 aromatic carbocycles. The Kier molecular flexibility index (Phi) is 6.14. The largest absolute Gasteiger partial charge is 0.310 e. The summed E-state index contributed by atoms with van der Waals surface area (Å²) in [4.78, 5) is 0. The molecule has 0 bridgehead atoms. The van der Waals surface area contributed by atoms with Crippen molar-refractivity contribution >= 4 is 0 Å². The smallest absolute Gasteiger partial charge is 0.0325 e. The third kappa shape index (κ3) is 6.02. The summed E-state index contributed by atoms with van der Waals surface area (Å²) in [6.45, 7) is 10.0. The summed E-state index contributed by atoms with van der Waals surface area (Å²) in [7, 11) is 0. The van der Waals surface area contributed by atoms with E-state index in [-0.39, 0.29) is 0 Å². The van der Waals surface area contributed by atoms with Gasteiger partial charge in [0.15, 0.2) is 0 Å². The normalized spacial score (nSPS) is 14.0. The van der Waals surface area contributed by atoms with Gasteiger partial charge in [-0.05, 0) is 37.3 Å². The highest BCUT2D eigenvalue weighted by molar-refractivity contribution is 5.19. The molecule has 1 aromatic rings. The second-order valence-electron chi connectivity index (χ2n) is 6.04. The highest BCUT2D eigenvalue weighted by Gasteiger charge is 2.19. The van der Waals surface area contributed by atoms with E-state index in [9.17, 15) is 0 Å². The van der Waals surface area contributed by atoms with Crippen LogP contribution in [0.25, 0.3) is 0 Å². The minimum atomic E-state index is 0.341. The topological polar surface area (TPSA) is 12.0 Å². The fraction of sp³-hybridized carbons (Fsp3) is 0.529. The van der Waals surface area contributed by atoms with Crippen molar-refractivity contribution in [2.24, 2.45) is 5.41 Å². The van der Waals surface area contributed by atoms with Crippen molar-refractivity contribution in [3.8, 4) is 0 Å². The van der Waals surface area contributed by atoms with Gasteiger partial charge < -0.3 is 5.32 Å². The second-order valence-corrected chi connectivity index (χ2v) is 6.04. The van der Waals surface area contributed by atoms with E-state index >= 15 is 0 Å². The molecule has 0 aliphatic carbocycles. The molecule has 0 spiro atoms. The predicted molar refractivity (Wildman–Crippen MR) is 80.7 cm³/mol. The van der Waals surface area contributed by atoms with Gasteiger partial charge in [0, 0.05) is 6.04 Å². The third-order valence-electron chi connectivity index (χ3n) is 2.96. The van der Waals surface area contributed by atoms with Crippen LogP contribution in [0.2, 0.25) is 0 Å². The Hall–Kier alpha value is -1.08. The third-order valence-corrected chi connectivity index (χ3v) is 2.96. The van der Waals surface area contributed by atoms with E-state index in [2.05, 4.69) is 75.5 Å². The predicted octanol–water partition coefficient (Wildman–Crippen LogP) is 4.72. The van der Waals surface area contributed by atoms with Gasteiger partial charge in [-0.25, -0.2) is 0 Å². The summed E-state index contributed by atoms with van der Waals surface area (Å²) in [6, 6.07) is 11.2. The van der Waals surface area contributed by atoms with E-state index in [4.69, 9.17) is 0 Å². The highest BCUT2D eigenvalue weighted by Crippen LogP contribution is 2.29. The van der Waals surface area contributed by atoms with Crippen LogP contribution >= 0.6 is 0 Å². The lowest BCUT2D eigenvalue weighted by Gasteiger charge is -2.27. The van der Waals surface area contributed by atoms with Crippen LogP contribution in [-0.4, -0.2) is 6.54 Å². The number of nitrogens with one attached hydrogen (secondary N) is 1. The first kappa shape index (κ1) is 15.0. The summed E-state index contributed by atoms with van der Waals surface area (Å²) in [6.07, 6.45) is 6.59. The van der Waals surface area contributed by atoms with Crippen molar-refractivity contribution in [3.63, 3.8) is 0 Å². The van der Waals surface area contributed by atoms with Gasteiger partial charge in [-0.3, -0.25) is 0 Å². The average molecular weight is 245 g/mol. The van der Waals surface area contributed by atoms with Gasteiger partial charge >= 0.3 is 0 Å². The van der Waals surface area contributed by atoms with Crippen molar-refractivity contribution in [2.75, 3.05) is 6.54 Å². The second kappa shape index (κ2) is 7.38. The van der Waals surface area contributed by atoms with Crippen LogP contribution in [0.4, 0.5) is 0 Å². The van der Waals surface area contributed by atoms with Gasteiger partial charge in [-0.15, -0.1) is 0 Å². The molecule has 1 atom stereocenters. The van der Waals surface area contributed by atoms with Crippen LogP contribution in [0.3, 0.4) is 0 Å². The van der Waals surface area contributed by atoms with Gasteiger partial charge in [0.05, 0.1) is 0 Å². The maximum Gasteiger partial charge on any atom is 0.0325 e. The molecule has 1 heteroatoms. The van der Waals surface area contributed by atoms with E-state index in [1.165, 1.54) is 5.56 Å². The van der Waals surface area contributed by atoms with Crippen LogP contribution in [0.15, 0.2) is 42.5 Å². The van der Waals surface area contributed by atoms with Crippen LogP contribution in [0.1, 0.15) is 52.1 Å². The molecule has 18 heavy (non-hydrogen) atoms. The maximum absolute atomic E-state index is 3.68. The van der Waals surface area contributed by atoms with Gasteiger partial charge in [0.25, 0.3) is 0 Å².